The number of thiazole rings is 1. The molecule has 0 aliphatic carbocycles. The number of carbonyl (C=O) groups is 2. The van der Waals surface area contributed by atoms with E-state index in [0.717, 1.165) is 11.1 Å². The van der Waals surface area contributed by atoms with Crippen LogP contribution in [0.2, 0.25) is 0 Å². The zero-order valence-electron chi connectivity index (χ0n) is 24.6. The number of fused-ring (bicyclic) bond motifs is 1. The highest BCUT2D eigenvalue weighted by molar-refractivity contribution is 7.22. The van der Waals surface area contributed by atoms with Crippen molar-refractivity contribution in [2.24, 2.45) is 0 Å². The maximum atomic E-state index is 13.7. The van der Waals surface area contributed by atoms with E-state index >= 15 is 0 Å². The van der Waals surface area contributed by atoms with Gasteiger partial charge in [-0.3, -0.25) is 14.5 Å². The number of ketones is 1. The Balaban J connectivity index is 1.68. The van der Waals surface area contributed by atoms with Crippen LogP contribution in [0.15, 0.2) is 66.2 Å². The molecular weight excluding hydrogens is 568 g/mol. The quantitative estimate of drug-likeness (QED) is 0.106. The summed E-state index contributed by atoms with van der Waals surface area (Å²) in [7, 11) is 0. The smallest absolute Gasteiger partial charge is 0.301 e. The lowest BCUT2D eigenvalue weighted by Crippen LogP contribution is -2.29. The van der Waals surface area contributed by atoms with E-state index in [1.54, 1.807) is 42.5 Å². The summed E-state index contributed by atoms with van der Waals surface area (Å²) in [4.78, 5) is 33.5. The molecule has 1 saturated heterocycles. The van der Waals surface area contributed by atoms with Gasteiger partial charge < -0.3 is 24.1 Å². The molecule has 0 saturated carbocycles. The Bertz CT molecular complexity index is 1660. The minimum absolute atomic E-state index is 0.0481. The van der Waals surface area contributed by atoms with E-state index in [2.05, 4.69) is 0 Å². The van der Waals surface area contributed by atoms with Gasteiger partial charge in [-0.05, 0) is 87.4 Å². The van der Waals surface area contributed by atoms with Crippen LogP contribution < -0.4 is 23.8 Å². The van der Waals surface area contributed by atoms with Gasteiger partial charge in [-0.1, -0.05) is 24.3 Å². The Hall–Kier alpha value is -4.57. The number of benzene rings is 3. The highest BCUT2D eigenvalue weighted by Crippen LogP contribution is 2.46. The number of aliphatic hydroxyl groups is 1. The molecular formula is C33H34N2O7S. The number of ether oxygens (including phenoxy) is 4. The number of hydrogen-bond donors (Lipinski definition) is 1. The molecule has 2 heterocycles. The van der Waals surface area contributed by atoms with Gasteiger partial charge in [0.05, 0.1) is 48.3 Å². The lowest BCUT2D eigenvalue weighted by Gasteiger charge is -2.24. The summed E-state index contributed by atoms with van der Waals surface area (Å²) in [5.41, 5.74) is 1.56. The molecule has 5 rings (SSSR count). The van der Waals surface area contributed by atoms with Crippen molar-refractivity contribution >= 4 is 44.1 Å². The number of aliphatic hydroxyl groups excluding tert-OH is 1. The van der Waals surface area contributed by atoms with Gasteiger partial charge >= 0.3 is 5.91 Å². The Morgan fingerprint density at radius 1 is 0.837 bits per heavy atom. The van der Waals surface area contributed by atoms with Crippen molar-refractivity contribution in [1.82, 2.24) is 4.98 Å². The Morgan fingerprint density at radius 2 is 1.53 bits per heavy atom. The standard InChI is InChI=1S/C33H34N2O7S/c1-5-17-42-25-16-11-21(18-26(25)41-8-4)29-28(30(36)20-9-12-22(13-10-20)39-6-2)31(37)32(38)35(29)33-34-24-15-14-23(40-7-3)19-27(24)43-33/h9-16,18-19,29,36H,5-8,17H2,1-4H3/b30-28+. The van der Waals surface area contributed by atoms with Crippen LogP contribution in [0.5, 0.6) is 23.0 Å². The van der Waals surface area contributed by atoms with Crippen molar-refractivity contribution in [1.29, 1.82) is 0 Å². The molecule has 224 valence electrons. The number of nitrogens with zero attached hydrogens (tertiary/aromatic N) is 2. The Morgan fingerprint density at radius 3 is 2.23 bits per heavy atom. The zero-order valence-corrected chi connectivity index (χ0v) is 25.4. The molecule has 0 radical (unpaired) electrons. The first-order chi connectivity index (χ1) is 20.9. The lowest BCUT2D eigenvalue weighted by molar-refractivity contribution is -0.132. The summed E-state index contributed by atoms with van der Waals surface area (Å²) in [6, 6.07) is 16.6. The second kappa shape index (κ2) is 13.2. The van der Waals surface area contributed by atoms with E-state index in [9.17, 15) is 14.7 Å². The van der Waals surface area contributed by atoms with E-state index in [-0.39, 0.29) is 11.3 Å². The summed E-state index contributed by atoms with van der Waals surface area (Å²) in [6.45, 7) is 9.56. The maximum absolute atomic E-state index is 13.7. The molecule has 1 N–H and O–H groups in total. The molecule has 9 nitrogen and oxygen atoms in total. The molecule has 1 aliphatic rings. The van der Waals surface area contributed by atoms with Crippen LogP contribution in [0.25, 0.3) is 16.0 Å². The second-order valence-corrected chi connectivity index (χ2v) is 10.7. The summed E-state index contributed by atoms with van der Waals surface area (Å²) < 4.78 is 23.8. The lowest BCUT2D eigenvalue weighted by atomic mass is 9.95. The van der Waals surface area contributed by atoms with Crippen molar-refractivity contribution in [2.75, 3.05) is 31.3 Å². The molecule has 3 aromatic carbocycles. The number of hydrogen-bond acceptors (Lipinski definition) is 9. The summed E-state index contributed by atoms with van der Waals surface area (Å²) in [6.07, 6.45) is 0.818. The molecule has 10 heteroatoms. The third kappa shape index (κ3) is 6.01. The fourth-order valence-corrected chi connectivity index (χ4v) is 5.94. The number of carbonyl (C=O) groups excluding carboxylic acids is 2. The van der Waals surface area contributed by atoms with Gasteiger partial charge in [0.15, 0.2) is 16.6 Å². The van der Waals surface area contributed by atoms with E-state index in [1.165, 1.54) is 16.2 Å². The first-order valence-electron chi connectivity index (χ1n) is 14.4. The van der Waals surface area contributed by atoms with Crippen LogP contribution in [-0.4, -0.2) is 48.2 Å². The van der Waals surface area contributed by atoms with E-state index in [0.29, 0.717) is 71.2 Å². The minimum Gasteiger partial charge on any atom is -0.507 e. The average molecular weight is 603 g/mol. The van der Waals surface area contributed by atoms with Crippen molar-refractivity contribution in [3.05, 3.63) is 77.4 Å². The average Bonchev–Trinajstić information content (AvgIpc) is 3.54. The van der Waals surface area contributed by atoms with Gasteiger partial charge in [-0.25, -0.2) is 4.98 Å². The molecule has 43 heavy (non-hydrogen) atoms. The van der Waals surface area contributed by atoms with Gasteiger partial charge in [-0.15, -0.1) is 0 Å². The van der Waals surface area contributed by atoms with Gasteiger partial charge in [0, 0.05) is 5.56 Å². The topological polar surface area (TPSA) is 107 Å². The summed E-state index contributed by atoms with van der Waals surface area (Å²) >= 11 is 1.27. The van der Waals surface area contributed by atoms with Gasteiger partial charge in [-0.2, -0.15) is 0 Å². The SMILES string of the molecule is CCCOc1ccc(C2/C(=C(\O)c3ccc(OCC)cc3)C(=O)C(=O)N2c2nc3ccc(OCC)cc3s2)cc1OCC. The first kappa shape index (κ1) is 29.9. The predicted octanol–water partition coefficient (Wildman–Crippen LogP) is 6.91. The van der Waals surface area contributed by atoms with Crippen LogP contribution in [0.1, 0.15) is 51.3 Å². The normalized spacial score (nSPS) is 16.1. The highest BCUT2D eigenvalue weighted by atomic mass is 32.1. The molecule has 1 amide bonds. The Labute approximate surface area is 254 Å². The van der Waals surface area contributed by atoms with E-state index < -0.39 is 17.7 Å². The van der Waals surface area contributed by atoms with Crippen molar-refractivity contribution in [3.63, 3.8) is 0 Å². The van der Waals surface area contributed by atoms with Crippen LogP contribution >= 0.6 is 11.3 Å². The van der Waals surface area contributed by atoms with Crippen molar-refractivity contribution in [2.45, 2.75) is 40.2 Å². The molecule has 1 aliphatic heterocycles. The molecule has 1 unspecified atom stereocenters. The largest absolute Gasteiger partial charge is 0.507 e. The highest BCUT2D eigenvalue weighted by Gasteiger charge is 2.48. The monoisotopic (exact) mass is 602 g/mol. The van der Waals surface area contributed by atoms with Crippen LogP contribution in [-0.2, 0) is 9.59 Å². The van der Waals surface area contributed by atoms with Gasteiger partial charge in [0.25, 0.3) is 5.78 Å². The van der Waals surface area contributed by atoms with Gasteiger partial charge in [0.1, 0.15) is 17.3 Å². The second-order valence-electron chi connectivity index (χ2n) is 9.67. The fraction of sp³-hybridized carbons (Fsp3) is 0.303. The van der Waals surface area contributed by atoms with Crippen LogP contribution in [0.3, 0.4) is 0 Å². The number of rotatable bonds is 12. The minimum atomic E-state index is -0.974. The first-order valence-corrected chi connectivity index (χ1v) is 15.2. The van der Waals surface area contributed by atoms with E-state index in [1.807, 2.05) is 45.9 Å². The molecule has 1 aromatic heterocycles. The maximum Gasteiger partial charge on any atom is 0.301 e. The predicted molar refractivity (Wildman–Crippen MR) is 167 cm³/mol. The molecule has 0 spiro atoms. The third-order valence-electron chi connectivity index (χ3n) is 6.79. The number of anilines is 1. The number of aromatic nitrogens is 1. The molecule has 1 fully saturated rings. The number of Topliss-reactive ketones (excluding diaryl/α,β-unsaturated/α-hetero) is 1. The third-order valence-corrected chi connectivity index (χ3v) is 7.81. The summed E-state index contributed by atoms with van der Waals surface area (Å²) in [5.74, 6) is 0.452. The van der Waals surface area contributed by atoms with Crippen LogP contribution in [0.4, 0.5) is 5.13 Å². The zero-order chi connectivity index (χ0) is 30.5. The Kier molecular flexibility index (Phi) is 9.16. The van der Waals surface area contributed by atoms with Crippen LogP contribution in [0, 0.1) is 0 Å². The molecule has 1 atom stereocenters. The van der Waals surface area contributed by atoms with Crippen molar-refractivity contribution in [3.8, 4) is 23.0 Å². The number of amides is 1. The fourth-order valence-electron chi connectivity index (χ4n) is 4.92. The van der Waals surface area contributed by atoms with E-state index in [4.69, 9.17) is 23.9 Å². The molecule has 4 aromatic rings. The summed E-state index contributed by atoms with van der Waals surface area (Å²) in [5, 5.41) is 11.9. The van der Waals surface area contributed by atoms with Gasteiger partial charge in [0.2, 0.25) is 0 Å². The van der Waals surface area contributed by atoms with Crippen molar-refractivity contribution < 1.29 is 33.6 Å². The molecule has 0 bridgehead atoms.